The zero-order chi connectivity index (χ0) is 10.1. The first-order valence-corrected chi connectivity index (χ1v) is 4.21. The van der Waals surface area contributed by atoms with Crippen LogP contribution < -0.4 is 56.8 Å². The Kier molecular flexibility index (Phi) is 5.99. The number of hydrogen-bond acceptors (Lipinski definition) is 0. The first kappa shape index (κ1) is 14.7. The van der Waals surface area contributed by atoms with Gasteiger partial charge in [-0.1, -0.05) is 43.7 Å². The molecule has 1 aromatic carbocycles. The Balaban J connectivity index is 0.00000169. The molecule has 0 aliphatic heterocycles. The van der Waals surface area contributed by atoms with Crippen LogP contribution >= 0.6 is 0 Å². The third-order valence-electron chi connectivity index (χ3n) is 1.97. The molecular weight excluding hydrogens is 215 g/mol. The first-order chi connectivity index (χ1) is 5.93. The van der Waals surface area contributed by atoms with Crippen molar-refractivity contribution in [1.29, 1.82) is 0 Å². The van der Waals surface area contributed by atoms with E-state index in [0.29, 0.717) is 5.56 Å². The van der Waals surface area contributed by atoms with Crippen LogP contribution in [0.15, 0.2) is 24.3 Å². The summed E-state index contributed by atoms with van der Waals surface area (Å²) in [5.74, 6) is -0.0836. The summed E-state index contributed by atoms with van der Waals surface area (Å²) in [7, 11) is 0. The predicted octanol–water partition coefficient (Wildman–Crippen LogP) is -0.132. The topological polar surface area (TPSA) is 0 Å². The van der Waals surface area contributed by atoms with Crippen molar-refractivity contribution >= 4 is 12.4 Å². The molecule has 0 saturated carbocycles. The van der Waals surface area contributed by atoms with Gasteiger partial charge in [-0.05, 0) is 5.92 Å². The van der Waals surface area contributed by atoms with Gasteiger partial charge in [0, 0.05) is 0 Å². The van der Waals surface area contributed by atoms with Crippen LogP contribution in [0.2, 0.25) is 0 Å². The molecule has 0 bridgehead atoms. The normalized spacial score (nSPS) is 11.3. The Bertz CT molecular complexity index is 296. The Morgan fingerprint density at radius 3 is 1.93 bits per heavy atom. The summed E-state index contributed by atoms with van der Waals surface area (Å²) in [5.41, 5.74) is -0.0764. The van der Waals surface area contributed by atoms with E-state index in [-0.39, 0.29) is 57.3 Å². The van der Waals surface area contributed by atoms with Crippen LogP contribution in [-0.4, -0.2) is 6.98 Å². The fourth-order valence-electron chi connectivity index (χ4n) is 1.33. The van der Waals surface area contributed by atoms with E-state index in [1.165, 1.54) is 12.1 Å². The summed E-state index contributed by atoms with van der Waals surface area (Å²) < 4.78 is 37.4. The average Bonchev–Trinajstić information content (AvgIpc) is 2.03. The molecule has 0 spiro atoms. The number of rotatable bonds is 2. The van der Waals surface area contributed by atoms with Crippen LogP contribution in [-0.2, 0) is 0 Å². The van der Waals surface area contributed by atoms with Crippen LogP contribution in [0.3, 0.4) is 0 Å². The maximum absolute atomic E-state index is 12.5. The van der Waals surface area contributed by atoms with Gasteiger partial charge in [0.1, 0.15) is 0 Å². The summed E-state index contributed by atoms with van der Waals surface area (Å²) in [6.07, 6.45) is 0. The van der Waals surface area contributed by atoms with Gasteiger partial charge in [0.25, 0.3) is 0 Å². The third kappa shape index (κ3) is 3.70. The summed E-state index contributed by atoms with van der Waals surface area (Å²) in [5, 5.41) is 0. The quantitative estimate of drug-likeness (QED) is 0.616. The molecule has 0 amide bonds. The molecule has 5 heteroatoms. The second-order valence-corrected chi connectivity index (χ2v) is 3.36. The SMILES string of the molecule is CC(C)c1ccccc1[B-](F)(F)F.[K+]. The number of hydrogen-bond donors (Lipinski definition) is 0. The molecule has 0 nitrogen and oxygen atoms in total. The molecule has 0 atom stereocenters. The first-order valence-electron chi connectivity index (χ1n) is 4.21. The van der Waals surface area contributed by atoms with Gasteiger partial charge in [-0.3, -0.25) is 0 Å². The second kappa shape index (κ2) is 5.70. The van der Waals surface area contributed by atoms with Gasteiger partial charge < -0.3 is 12.9 Å². The van der Waals surface area contributed by atoms with Crippen LogP contribution in [0.5, 0.6) is 0 Å². The molecule has 0 N–H and O–H groups in total. The summed E-state index contributed by atoms with van der Waals surface area (Å²) in [6.45, 7) is -1.34. The fraction of sp³-hybridized carbons (Fsp3) is 0.333. The molecule has 72 valence electrons. The molecule has 0 heterocycles. The molecule has 0 aromatic heterocycles. The van der Waals surface area contributed by atoms with Crippen LogP contribution in [0.25, 0.3) is 0 Å². The van der Waals surface area contributed by atoms with Gasteiger partial charge in [0.05, 0.1) is 0 Å². The van der Waals surface area contributed by atoms with E-state index in [1.807, 2.05) is 0 Å². The smallest absolute Gasteiger partial charge is 0.445 e. The molecule has 0 fully saturated rings. The van der Waals surface area contributed by atoms with Gasteiger partial charge in [-0.25, -0.2) is 0 Å². The van der Waals surface area contributed by atoms with E-state index in [4.69, 9.17) is 0 Å². The van der Waals surface area contributed by atoms with Crippen molar-refractivity contribution in [3.63, 3.8) is 0 Å². The number of benzene rings is 1. The van der Waals surface area contributed by atoms with Crippen molar-refractivity contribution in [2.75, 3.05) is 0 Å². The van der Waals surface area contributed by atoms with E-state index in [9.17, 15) is 12.9 Å². The van der Waals surface area contributed by atoms with Gasteiger partial charge in [-0.15, -0.1) is 5.46 Å². The predicted molar refractivity (Wildman–Crippen MR) is 49.2 cm³/mol. The van der Waals surface area contributed by atoms with Gasteiger partial charge >= 0.3 is 58.4 Å². The second-order valence-electron chi connectivity index (χ2n) is 3.36. The zero-order valence-corrected chi connectivity index (χ0v) is 11.7. The largest absolute Gasteiger partial charge is 1.00 e. The summed E-state index contributed by atoms with van der Waals surface area (Å²) in [6, 6.07) is 5.75. The van der Waals surface area contributed by atoms with Gasteiger partial charge in [0.2, 0.25) is 0 Å². The Labute approximate surface area is 125 Å². The van der Waals surface area contributed by atoms with E-state index < -0.39 is 12.4 Å². The molecule has 0 aliphatic rings. The molecule has 14 heavy (non-hydrogen) atoms. The molecule has 0 aliphatic carbocycles. The summed E-state index contributed by atoms with van der Waals surface area (Å²) in [4.78, 5) is 0. The van der Waals surface area contributed by atoms with E-state index in [1.54, 1.807) is 19.9 Å². The molecule has 1 aromatic rings. The minimum absolute atomic E-state index is 0. The molecule has 0 radical (unpaired) electrons. The van der Waals surface area contributed by atoms with E-state index in [0.717, 1.165) is 6.07 Å². The van der Waals surface area contributed by atoms with Crippen LogP contribution in [0.1, 0.15) is 25.3 Å². The van der Waals surface area contributed by atoms with Gasteiger partial charge in [0.15, 0.2) is 0 Å². The molecule has 0 unspecified atom stereocenters. The van der Waals surface area contributed by atoms with Gasteiger partial charge in [-0.2, -0.15) is 0 Å². The summed E-state index contributed by atoms with van der Waals surface area (Å²) >= 11 is 0. The Morgan fingerprint density at radius 2 is 1.57 bits per heavy atom. The monoisotopic (exact) mass is 226 g/mol. The third-order valence-corrected chi connectivity index (χ3v) is 1.97. The van der Waals surface area contributed by atoms with E-state index >= 15 is 0 Å². The van der Waals surface area contributed by atoms with Crippen molar-refractivity contribution in [3.05, 3.63) is 29.8 Å². The van der Waals surface area contributed by atoms with Crippen LogP contribution in [0.4, 0.5) is 12.9 Å². The maximum atomic E-state index is 12.5. The van der Waals surface area contributed by atoms with E-state index in [2.05, 4.69) is 0 Å². The standard InChI is InChI=1S/C9H11BF3.K/c1-7(2)8-5-3-4-6-9(8)10(11,12)13;/h3-7H,1-2H3;/q-1;+1. The minimum Gasteiger partial charge on any atom is -0.445 e. The average molecular weight is 226 g/mol. The maximum Gasteiger partial charge on any atom is 1.00 e. The zero-order valence-electron chi connectivity index (χ0n) is 8.60. The van der Waals surface area contributed by atoms with Crippen molar-refractivity contribution in [2.45, 2.75) is 19.8 Å². The van der Waals surface area contributed by atoms with Crippen molar-refractivity contribution < 1.29 is 64.3 Å². The van der Waals surface area contributed by atoms with Crippen LogP contribution in [0, 0.1) is 0 Å². The minimum atomic E-state index is -4.87. The van der Waals surface area contributed by atoms with Crippen molar-refractivity contribution in [3.8, 4) is 0 Å². The fourth-order valence-corrected chi connectivity index (χ4v) is 1.33. The molecule has 1 rings (SSSR count). The molecule has 0 saturated heterocycles. The van der Waals surface area contributed by atoms with Crippen molar-refractivity contribution in [1.82, 2.24) is 0 Å². The Hall–Kier alpha value is 0.711. The Morgan fingerprint density at radius 1 is 1.07 bits per heavy atom. The molecular formula is C9H11BF3K. The number of halogens is 3. The van der Waals surface area contributed by atoms with Crippen molar-refractivity contribution in [2.24, 2.45) is 0 Å².